The van der Waals surface area contributed by atoms with Gasteiger partial charge in [-0.2, -0.15) is 0 Å². The lowest BCUT2D eigenvalue weighted by atomic mass is 9.75. The van der Waals surface area contributed by atoms with E-state index in [0.29, 0.717) is 28.8 Å². The minimum absolute atomic E-state index is 0.0520. The summed E-state index contributed by atoms with van der Waals surface area (Å²) in [6, 6.07) is 17.0. The average molecular weight is 386 g/mol. The normalized spacial score (nSPS) is 25.1. The SMILES string of the molecule is Cc1ccccc1OP(=O)(O[C@@H]1C[C@H](C)CC[C@H]1C(C)C)c1ccccc1. The smallest absolute Gasteiger partial charge is 0.411 e. The third-order valence-corrected chi connectivity index (χ3v) is 7.54. The maximum atomic E-state index is 14.0. The molecule has 0 radical (unpaired) electrons. The molecule has 0 saturated heterocycles. The summed E-state index contributed by atoms with van der Waals surface area (Å²) in [5, 5.41) is 0.619. The first-order valence-corrected chi connectivity index (χ1v) is 11.5. The van der Waals surface area contributed by atoms with Gasteiger partial charge in [0.25, 0.3) is 0 Å². The van der Waals surface area contributed by atoms with Gasteiger partial charge in [0.05, 0.1) is 11.4 Å². The van der Waals surface area contributed by atoms with E-state index in [4.69, 9.17) is 9.05 Å². The van der Waals surface area contributed by atoms with E-state index in [2.05, 4.69) is 20.8 Å². The van der Waals surface area contributed by atoms with Crippen LogP contribution in [-0.2, 0) is 9.09 Å². The third-order valence-electron chi connectivity index (χ3n) is 5.62. The zero-order valence-electron chi connectivity index (χ0n) is 16.8. The van der Waals surface area contributed by atoms with Gasteiger partial charge in [0.1, 0.15) is 5.75 Å². The Morgan fingerprint density at radius 2 is 1.67 bits per heavy atom. The Balaban J connectivity index is 1.95. The Morgan fingerprint density at radius 3 is 2.33 bits per heavy atom. The highest BCUT2D eigenvalue weighted by Gasteiger charge is 2.39. The van der Waals surface area contributed by atoms with Gasteiger partial charge < -0.3 is 4.52 Å². The van der Waals surface area contributed by atoms with Crippen molar-refractivity contribution in [3.8, 4) is 5.75 Å². The number of rotatable bonds is 6. The molecule has 3 nitrogen and oxygen atoms in total. The van der Waals surface area contributed by atoms with Crippen molar-refractivity contribution in [1.29, 1.82) is 0 Å². The minimum atomic E-state index is -3.49. The van der Waals surface area contributed by atoms with Crippen molar-refractivity contribution in [2.75, 3.05) is 0 Å². The molecule has 27 heavy (non-hydrogen) atoms. The lowest BCUT2D eigenvalue weighted by Gasteiger charge is -2.38. The van der Waals surface area contributed by atoms with Crippen LogP contribution in [0, 0.1) is 24.7 Å². The molecule has 0 spiro atoms. The van der Waals surface area contributed by atoms with Crippen molar-refractivity contribution in [3.05, 3.63) is 60.2 Å². The summed E-state index contributed by atoms with van der Waals surface area (Å²) in [5.41, 5.74) is 0.953. The quantitative estimate of drug-likeness (QED) is 0.541. The zero-order chi connectivity index (χ0) is 19.4. The summed E-state index contributed by atoms with van der Waals surface area (Å²) < 4.78 is 26.6. The summed E-state index contributed by atoms with van der Waals surface area (Å²) in [6.45, 7) is 8.67. The van der Waals surface area contributed by atoms with Crippen LogP contribution in [0.2, 0.25) is 0 Å². The van der Waals surface area contributed by atoms with Crippen molar-refractivity contribution in [2.45, 2.75) is 53.1 Å². The summed E-state index contributed by atoms with van der Waals surface area (Å²) >= 11 is 0. The van der Waals surface area contributed by atoms with Crippen LogP contribution in [-0.4, -0.2) is 6.10 Å². The van der Waals surface area contributed by atoms with Crippen LogP contribution in [0.3, 0.4) is 0 Å². The van der Waals surface area contributed by atoms with Crippen molar-refractivity contribution >= 4 is 12.9 Å². The van der Waals surface area contributed by atoms with E-state index >= 15 is 0 Å². The molecule has 0 aromatic heterocycles. The maximum Gasteiger partial charge on any atom is 0.411 e. The van der Waals surface area contributed by atoms with E-state index in [1.807, 2.05) is 61.5 Å². The lowest BCUT2D eigenvalue weighted by molar-refractivity contribution is 0.0414. The molecule has 1 saturated carbocycles. The van der Waals surface area contributed by atoms with E-state index < -0.39 is 7.60 Å². The Morgan fingerprint density at radius 1 is 1.00 bits per heavy atom. The molecule has 0 bridgehead atoms. The Kier molecular flexibility index (Phi) is 6.44. The number of benzene rings is 2. The summed E-state index contributed by atoms with van der Waals surface area (Å²) in [4.78, 5) is 0. The highest BCUT2D eigenvalue weighted by atomic mass is 31.2. The predicted molar refractivity (Wildman–Crippen MR) is 112 cm³/mol. The molecule has 146 valence electrons. The van der Waals surface area contributed by atoms with Gasteiger partial charge in [0.15, 0.2) is 0 Å². The molecule has 4 atom stereocenters. The van der Waals surface area contributed by atoms with Crippen molar-refractivity contribution in [3.63, 3.8) is 0 Å². The molecular weight excluding hydrogens is 355 g/mol. The summed E-state index contributed by atoms with van der Waals surface area (Å²) in [6.07, 6.45) is 3.19. The maximum absolute atomic E-state index is 14.0. The molecule has 1 aliphatic carbocycles. The molecule has 3 rings (SSSR count). The van der Waals surface area contributed by atoms with E-state index in [0.717, 1.165) is 18.4 Å². The molecule has 2 aromatic carbocycles. The number of para-hydroxylation sites is 1. The molecular formula is C23H31O3P. The van der Waals surface area contributed by atoms with Crippen LogP contribution >= 0.6 is 7.60 Å². The van der Waals surface area contributed by atoms with Gasteiger partial charge >= 0.3 is 7.60 Å². The minimum Gasteiger partial charge on any atom is -0.421 e. The average Bonchev–Trinajstić information content (AvgIpc) is 2.64. The van der Waals surface area contributed by atoms with Crippen LogP contribution in [0.1, 0.15) is 45.6 Å². The van der Waals surface area contributed by atoms with Crippen LogP contribution in [0.5, 0.6) is 5.75 Å². The standard InChI is InChI=1S/C23H31O3P/c1-17(2)21-15-14-18(3)16-23(21)26-27(24,20-11-6-5-7-12-20)25-22-13-9-8-10-19(22)4/h5-13,17-18,21,23H,14-16H2,1-4H3/t18-,21+,23-,27?/m1/s1. The van der Waals surface area contributed by atoms with Crippen LogP contribution < -0.4 is 9.83 Å². The van der Waals surface area contributed by atoms with Gasteiger partial charge in [-0.1, -0.05) is 63.6 Å². The van der Waals surface area contributed by atoms with E-state index in [1.165, 1.54) is 6.42 Å². The third kappa shape index (κ3) is 4.83. The second-order valence-corrected chi connectivity index (χ2v) is 10.1. The zero-order valence-corrected chi connectivity index (χ0v) is 17.7. The van der Waals surface area contributed by atoms with Gasteiger partial charge in [0, 0.05) is 0 Å². The van der Waals surface area contributed by atoms with Crippen molar-refractivity contribution in [1.82, 2.24) is 0 Å². The molecule has 0 amide bonds. The summed E-state index contributed by atoms with van der Waals surface area (Å²) in [5.74, 6) is 2.09. The van der Waals surface area contributed by atoms with Gasteiger partial charge in [-0.15, -0.1) is 0 Å². The highest BCUT2D eigenvalue weighted by molar-refractivity contribution is 7.62. The van der Waals surface area contributed by atoms with E-state index in [9.17, 15) is 4.57 Å². The Bertz CT molecular complexity index is 787. The van der Waals surface area contributed by atoms with Crippen molar-refractivity contribution < 1.29 is 13.6 Å². The second-order valence-electron chi connectivity index (χ2n) is 8.16. The molecule has 2 aromatic rings. The van der Waals surface area contributed by atoms with Gasteiger partial charge in [0.2, 0.25) is 0 Å². The molecule has 1 aliphatic rings. The van der Waals surface area contributed by atoms with E-state index in [1.54, 1.807) is 0 Å². The topological polar surface area (TPSA) is 35.5 Å². The first-order valence-electron chi connectivity index (χ1n) is 9.98. The second kappa shape index (κ2) is 8.63. The largest absolute Gasteiger partial charge is 0.421 e. The molecule has 0 N–H and O–H groups in total. The number of hydrogen-bond acceptors (Lipinski definition) is 3. The molecule has 4 heteroatoms. The van der Waals surface area contributed by atoms with Crippen molar-refractivity contribution in [2.24, 2.45) is 17.8 Å². The monoisotopic (exact) mass is 386 g/mol. The number of hydrogen-bond donors (Lipinski definition) is 0. The fourth-order valence-electron chi connectivity index (χ4n) is 3.95. The first kappa shape index (κ1) is 20.2. The Hall–Kier alpha value is -1.57. The van der Waals surface area contributed by atoms with Gasteiger partial charge in [-0.05, 0) is 61.3 Å². The first-order chi connectivity index (χ1) is 12.9. The summed E-state index contributed by atoms with van der Waals surface area (Å²) in [7, 11) is -3.49. The van der Waals surface area contributed by atoms with E-state index in [-0.39, 0.29) is 6.10 Å². The molecule has 1 fully saturated rings. The van der Waals surface area contributed by atoms with Gasteiger partial charge in [-0.25, -0.2) is 4.57 Å². The molecule has 0 heterocycles. The lowest BCUT2D eigenvalue weighted by Crippen LogP contribution is -2.35. The predicted octanol–water partition coefficient (Wildman–Crippen LogP) is 6.37. The van der Waals surface area contributed by atoms with Crippen LogP contribution in [0.4, 0.5) is 0 Å². The molecule has 1 unspecified atom stereocenters. The van der Waals surface area contributed by atoms with Gasteiger partial charge in [-0.3, -0.25) is 4.52 Å². The molecule has 0 aliphatic heterocycles. The van der Waals surface area contributed by atoms with Crippen LogP contribution in [0.25, 0.3) is 0 Å². The highest BCUT2D eigenvalue weighted by Crippen LogP contribution is 2.52. The van der Waals surface area contributed by atoms with Crippen LogP contribution in [0.15, 0.2) is 54.6 Å². The Labute approximate surface area is 163 Å². The number of aryl methyl sites for hydroxylation is 1. The fourth-order valence-corrected chi connectivity index (χ4v) is 5.82. The fraction of sp³-hybridized carbons (Fsp3) is 0.478.